The number of rotatable bonds is 3. The topological polar surface area (TPSA) is 12.0 Å². The molecule has 0 bridgehead atoms. The zero-order valence-electron chi connectivity index (χ0n) is 11.0. The molecule has 3 rings (SSSR count). The van der Waals surface area contributed by atoms with E-state index < -0.39 is 0 Å². The first-order chi connectivity index (χ1) is 8.74. The van der Waals surface area contributed by atoms with Gasteiger partial charge in [0.1, 0.15) is 0 Å². The largest absolute Gasteiger partial charge is 0.307 e. The first-order valence-electron chi connectivity index (χ1n) is 7.28. The summed E-state index contributed by atoms with van der Waals surface area (Å²) in [5.74, 6) is 0.914. The van der Waals surface area contributed by atoms with Gasteiger partial charge >= 0.3 is 0 Å². The van der Waals surface area contributed by atoms with Gasteiger partial charge in [0.05, 0.1) is 3.79 Å². The number of halogens is 1. The number of hydrogen-bond donors (Lipinski definition) is 1. The molecule has 2 aliphatic rings. The predicted octanol–water partition coefficient (Wildman–Crippen LogP) is 5.06. The van der Waals surface area contributed by atoms with E-state index in [0.717, 1.165) is 5.92 Å². The monoisotopic (exact) mass is 327 g/mol. The lowest BCUT2D eigenvalue weighted by Gasteiger charge is -2.30. The van der Waals surface area contributed by atoms with Gasteiger partial charge in [0.2, 0.25) is 0 Å². The van der Waals surface area contributed by atoms with Gasteiger partial charge in [-0.15, -0.1) is 11.3 Å². The minimum Gasteiger partial charge on any atom is -0.307 e. The summed E-state index contributed by atoms with van der Waals surface area (Å²) in [5, 5.41) is 3.92. The van der Waals surface area contributed by atoms with Crippen LogP contribution in [0.5, 0.6) is 0 Å². The Morgan fingerprint density at radius 3 is 2.83 bits per heavy atom. The summed E-state index contributed by atoms with van der Waals surface area (Å²) in [4.78, 5) is 1.60. The SMILES string of the molecule is C[C@@H](NC1CCCc2sc(Br)cc21)C1CCCC1. The van der Waals surface area contributed by atoms with E-state index in [0.29, 0.717) is 12.1 Å². The maximum Gasteiger partial charge on any atom is 0.0704 e. The molecule has 0 aliphatic heterocycles. The molecule has 3 heteroatoms. The molecular weight excluding hydrogens is 306 g/mol. The molecule has 0 radical (unpaired) electrons. The molecule has 1 fully saturated rings. The van der Waals surface area contributed by atoms with Crippen LogP contribution in [0.25, 0.3) is 0 Å². The normalized spacial score (nSPS) is 26.2. The van der Waals surface area contributed by atoms with Crippen LogP contribution < -0.4 is 5.32 Å². The maximum absolute atomic E-state index is 3.92. The first kappa shape index (κ1) is 13.1. The third-order valence-electron chi connectivity index (χ3n) is 4.65. The smallest absolute Gasteiger partial charge is 0.0704 e. The first-order valence-corrected chi connectivity index (χ1v) is 8.89. The summed E-state index contributed by atoms with van der Waals surface area (Å²) in [7, 11) is 0. The molecule has 1 aromatic rings. The highest BCUT2D eigenvalue weighted by atomic mass is 79.9. The Hall–Kier alpha value is 0.140. The minimum absolute atomic E-state index is 0.604. The molecule has 2 atom stereocenters. The Kier molecular flexibility index (Phi) is 4.12. The van der Waals surface area contributed by atoms with Gasteiger partial charge < -0.3 is 5.32 Å². The molecule has 1 aromatic heterocycles. The van der Waals surface area contributed by atoms with E-state index in [2.05, 4.69) is 34.2 Å². The highest BCUT2D eigenvalue weighted by molar-refractivity contribution is 9.11. The fraction of sp³-hybridized carbons (Fsp3) is 0.733. The molecule has 1 saturated carbocycles. The lowest BCUT2D eigenvalue weighted by Crippen LogP contribution is -2.36. The Labute approximate surface area is 122 Å². The van der Waals surface area contributed by atoms with E-state index in [1.54, 1.807) is 10.4 Å². The van der Waals surface area contributed by atoms with Crippen LogP contribution in [-0.4, -0.2) is 6.04 Å². The summed E-state index contributed by atoms with van der Waals surface area (Å²) in [6.45, 7) is 2.39. The maximum atomic E-state index is 3.92. The van der Waals surface area contributed by atoms with Crippen LogP contribution in [0.1, 0.15) is 61.9 Å². The molecule has 0 aromatic carbocycles. The van der Waals surface area contributed by atoms with Crippen molar-refractivity contribution in [2.45, 2.75) is 64.0 Å². The van der Waals surface area contributed by atoms with Crippen LogP contribution in [-0.2, 0) is 6.42 Å². The minimum atomic E-state index is 0.604. The van der Waals surface area contributed by atoms with Crippen molar-refractivity contribution >= 4 is 27.3 Å². The fourth-order valence-corrected chi connectivity index (χ4v) is 5.42. The Bertz CT molecular complexity index is 409. The average Bonchev–Trinajstić information content (AvgIpc) is 2.96. The lowest BCUT2D eigenvalue weighted by atomic mass is 9.91. The van der Waals surface area contributed by atoms with Crippen LogP contribution in [0.2, 0.25) is 0 Å². The molecule has 18 heavy (non-hydrogen) atoms. The Morgan fingerprint density at radius 2 is 2.06 bits per heavy atom. The third kappa shape index (κ3) is 2.68. The van der Waals surface area contributed by atoms with Gasteiger partial charge in [-0.25, -0.2) is 0 Å². The van der Waals surface area contributed by atoms with Gasteiger partial charge in [-0.1, -0.05) is 12.8 Å². The van der Waals surface area contributed by atoms with Crippen LogP contribution in [0.15, 0.2) is 9.85 Å². The number of hydrogen-bond acceptors (Lipinski definition) is 2. The van der Waals surface area contributed by atoms with Crippen LogP contribution in [0.3, 0.4) is 0 Å². The molecule has 100 valence electrons. The third-order valence-corrected chi connectivity index (χ3v) is 6.37. The average molecular weight is 328 g/mol. The van der Waals surface area contributed by atoms with Crippen molar-refractivity contribution < 1.29 is 0 Å². The lowest BCUT2D eigenvalue weighted by molar-refractivity contribution is 0.325. The van der Waals surface area contributed by atoms with Gasteiger partial charge in [-0.2, -0.15) is 0 Å². The van der Waals surface area contributed by atoms with Crippen LogP contribution >= 0.6 is 27.3 Å². The predicted molar refractivity (Wildman–Crippen MR) is 82.3 cm³/mol. The highest BCUT2D eigenvalue weighted by Crippen LogP contribution is 2.39. The summed E-state index contributed by atoms with van der Waals surface area (Å²) in [6.07, 6.45) is 9.68. The second-order valence-electron chi connectivity index (χ2n) is 5.87. The van der Waals surface area contributed by atoms with Crippen molar-refractivity contribution in [2.75, 3.05) is 0 Å². The van der Waals surface area contributed by atoms with Crippen LogP contribution in [0, 0.1) is 5.92 Å². The molecule has 1 heterocycles. The van der Waals surface area contributed by atoms with Gasteiger partial charge in [0.15, 0.2) is 0 Å². The van der Waals surface area contributed by atoms with Crippen molar-refractivity contribution in [2.24, 2.45) is 5.92 Å². The molecule has 0 spiro atoms. The second kappa shape index (κ2) is 5.64. The molecular formula is C15H22BrNS. The van der Waals surface area contributed by atoms with Crippen molar-refractivity contribution in [1.29, 1.82) is 0 Å². The summed E-state index contributed by atoms with van der Waals surface area (Å²) in [5.41, 5.74) is 1.57. The van der Waals surface area contributed by atoms with E-state index in [-0.39, 0.29) is 0 Å². The summed E-state index contributed by atoms with van der Waals surface area (Å²) in [6, 6.07) is 3.63. The number of thiophene rings is 1. The zero-order valence-corrected chi connectivity index (χ0v) is 13.4. The highest BCUT2D eigenvalue weighted by Gasteiger charge is 2.27. The van der Waals surface area contributed by atoms with Gasteiger partial charge in [-0.05, 0) is 72.5 Å². The number of nitrogens with one attached hydrogen (secondary N) is 1. The van der Waals surface area contributed by atoms with Crippen LogP contribution in [0.4, 0.5) is 0 Å². The molecule has 0 saturated heterocycles. The molecule has 1 unspecified atom stereocenters. The quantitative estimate of drug-likeness (QED) is 0.818. The van der Waals surface area contributed by atoms with Crippen molar-refractivity contribution in [3.63, 3.8) is 0 Å². The fourth-order valence-electron chi connectivity index (χ4n) is 3.61. The second-order valence-corrected chi connectivity index (χ2v) is 8.39. The van der Waals surface area contributed by atoms with Gasteiger partial charge in [0.25, 0.3) is 0 Å². The van der Waals surface area contributed by atoms with Crippen molar-refractivity contribution in [1.82, 2.24) is 5.32 Å². The summed E-state index contributed by atoms with van der Waals surface area (Å²) < 4.78 is 1.30. The van der Waals surface area contributed by atoms with Crippen molar-refractivity contribution in [3.05, 3.63) is 20.3 Å². The van der Waals surface area contributed by atoms with E-state index in [1.807, 2.05) is 11.3 Å². The molecule has 2 aliphatic carbocycles. The molecule has 1 N–H and O–H groups in total. The van der Waals surface area contributed by atoms with Gasteiger partial charge in [0, 0.05) is 17.0 Å². The van der Waals surface area contributed by atoms with Gasteiger partial charge in [-0.3, -0.25) is 0 Å². The molecule has 1 nitrogen and oxygen atoms in total. The summed E-state index contributed by atoms with van der Waals surface area (Å²) >= 11 is 5.57. The Morgan fingerprint density at radius 1 is 1.28 bits per heavy atom. The number of fused-ring (bicyclic) bond motifs is 1. The number of aryl methyl sites for hydroxylation is 1. The standard InChI is InChI=1S/C15H22BrNS/c1-10(11-5-2-3-6-11)17-13-7-4-8-14-12(13)9-15(16)18-14/h9-11,13,17H,2-8H2,1H3/t10-,13?/m1/s1. The zero-order chi connectivity index (χ0) is 12.5. The van der Waals surface area contributed by atoms with E-state index in [9.17, 15) is 0 Å². The Balaban J connectivity index is 1.69. The van der Waals surface area contributed by atoms with E-state index in [4.69, 9.17) is 0 Å². The van der Waals surface area contributed by atoms with Crippen molar-refractivity contribution in [3.8, 4) is 0 Å². The van der Waals surface area contributed by atoms with E-state index >= 15 is 0 Å². The molecule has 0 amide bonds. The van der Waals surface area contributed by atoms with E-state index in [1.165, 1.54) is 48.7 Å².